The van der Waals surface area contributed by atoms with Crippen LogP contribution in [0.25, 0.3) is 0 Å². The Bertz CT molecular complexity index is 248. The van der Waals surface area contributed by atoms with E-state index in [1.165, 1.54) is 0 Å². The first-order chi connectivity index (χ1) is 6.45. The SMILES string of the molecule is CC(=O)C(C(C)C)C1CCN(C)C1=O. The summed E-state index contributed by atoms with van der Waals surface area (Å²) in [4.78, 5) is 24.9. The normalized spacial score (nSPS) is 24.5. The Labute approximate surface area is 85.5 Å². The summed E-state index contributed by atoms with van der Waals surface area (Å²) in [5, 5.41) is 0. The molecule has 80 valence electrons. The van der Waals surface area contributed by atoms with Crippen molar-refractivity contribution in [1.82, 2.24) is 4.90 Å². The highest BCUT2D eigenvalue weighted by Crippen LogP contribution is 2.30. The van der Waals surface area contributed by atoms with Gasteiger partial charge in [0.25, 0.3) is 0 Å². The van der Waals surface area contributed by atoms with Gasteiger partial charge in [-0.1, -0.05) is 13.8 Å². The molecule has 14 heavy (non-hydrogen) atoms. The van der Waals surface area contributed by atoms with Gasteiger partial charge in [-0.25, -0.2) is 0 Å². The number of ketones is 1. The molecule has 2 unspecified atom stereocenters. The number of carbonyl (C=O) groups excluding carboxylic acids is 2. The molecule has 1 rings (SSSR count). The van der Waals surface area contributed by atoms with Crippen LogP contribution < -0.4 is 0 Å². The zero-order valence-electron chi connectivity index (χ0n) is 9.41. The third kappa shape index (κ3) is 1.97. The number of hydrogen-bond donors (Lipinski definition) is 0. The number of carbonyl (C=O) groups is 2. The quantitative estimate of drug-likeness (QED) is 0.684. The van der Waals surface area contributed by atoms with Gasteiger partial charge in [-0.15, -0.1) is 0 Å². The van der Waals surface area contributed by atoms with Gasteiger partial charge in [0, 0.05) is 25.4 Å². The monoisotopic (exact) mass is 197 g/mol. The fourth-order valence-corrected chi connectivity index (χ4v) is 2.40. The summed E-state index contributed by atoms with van der Waals surface area (Å²) < 4.78 is 0. The summed E-state index contributed by atoms with van der Waals surface area (Å²) in [5.74, 6) is 0.380. The van der Waals surface area contributed by atoms with Crippen LogP contribution in [0.3, 0.4) is 0 Å². The van der Waals surface area contributed by atoms with Gasteiger partial charge in [-0.3, -0.25) is 9.59 Å². The number of amides is 1. The van der Waals surface area contributed by atoms with Crippen LogP contribution in [0.15, 0.2) is 0 Å². The Kier molecular flexibility index (Phi) is 3.29. The zero-order chi connectivity index (χ0) is 10.9. The number of rotatable bonds is 3. The molecule has 1 aliphatic heterocycles. The molecule has 1 aliphatic rings. The van der Waals surface area contributed by atoms with Crippen molar-refractivity contribution in [2.24, 2.45) is 17.8 Å². The van der Waals surface area contributed by atoms with Gasteiger partial charge in [-0.2, -0.15) is 0 Å². The van der Waals surface area contributed by atoms with Gasteiger partial charge < -0.3 is 4.90 Å². The molecule has 3 nitrogen and oxygen atoms in total. The second-order valence-electron chi connectivity index (χ2n) is 4.54. The topological polar surface area (TPSA) is 37.4 Å². The zero-order valence-corrected chi connectivity index (χ0v) is 9.41. The van der Waals surface area contributed by atoms with Crippen LogP contribution in [-0.4, -0.2) is 30.2 Å². The molecule has 1 amide bonds. The molecule has 0 aliphatic carbocycles. The first-order valence-corrected chi connectivity index (χ1v) is 5.20. The summed E-state index contributed by atoms with van der Waals surface area (Å²) in [6, 6.07) is 0. The maximum Gasteiger partial charge on any atom is 0.226 e. The fraction of sp³-hybridized carbons (Fsp3) is 0.818. The van der Waals surface area contributed by atoms with Gasteiger partial charge in [0.15, 0.2) is 0 Å². The minimum Gasteiger partial charge on any atom is -0.345 e. The summed E-state index contributed by atoms with van der Waals surface area (Å²) >= 11 is 0. The number of hydrogen-bond acceptors (Lipinski definition) is 2. The van der Waals surface area contributed by atoms with E-state index in [4.69, 9.17) is 0 Å². The van der Waals surface area contributed by atoms with Gasteiger partial charge in [0.1, 0.15) is 5.78 Å². The lowest BCUT2D eigenvalue weighted by Gasteiger charge is -2.23. The van der Waals surface area contributed by atoms with Crippen molar-refractivity contribution in [3.8, 4) is 0 Å². The van der Waals surface area contributed by atoms with Crippen molar-refractivity contribution >= 4 is 11.7 Å². The van der Waals surface area contributed by atoms with E-state index in [0.717, 1.165) is 13.0 Å². The molecule has 0 N–H and O–H groups in total. The second kappa shape index (κ2) is 4.11. The molecule has 0 aromatic rings. The third-order valence-corrected chi connectivity index (χ3v) is 3.09. The lowest BCUT2D eigenvalue weighted by atomic mass is 9.80. The molecule has 1 heterocycles. The molecular weight excluding hydrogens is 178 g/mol. The summed E-state index contributed by atoms with van der Waals surface area (Å²) in [5.41, 5.74) is 0. The van der Waals surface area contributed by atoms with Gasteiger partial charge in [-0.05, 0) is 19.3 Å². The second-order valence-corrected chi connectivity index (χ2v) is 4.54. The van der Waals surface area contributed by atoms with Crippen LogP contribution in [0.1, 0.15) is 27.2 Å². The Hall–Kier alpha value is -0.860. The lowest BCUT2D eigenvalue weighted by Crippen LogP contribution is -2.33. The maximum absolute atomic E-state index is 11.7. The predicted molar refractivity (Wildman–Crippen MR) is 54.8 cm³/mol. The molecule has 3 heteroatoms. The van der Waals surface area contributed by atoms with E-state index in [1.54, 1.807) is 18.9 Å². The molecule has 0 saturated carbocycles. The van der Waals surface area contributed by atoms with Crippen molar-refractivity contribution in [2.75, 3.05) is 13.6 Å². The molecule has 1 fully saturated rings. The predicted octanol–water partition coefficient (Wildman–Crippen LogP) is 1.33. The summed E-state index contributed by atoms with van der Waals surface area (Å²) in [6.45, 7) is 6.41. The maximum atomic E-state index is 11.7. The standard InChI is InChI=1S/C11H19NO2/c1-7(2)10(8(3)13)9-5-6-12(4)11(9)14/h7,9-10H,5-6H2,1-4H3. The minimum atomic E-state index is -0.0903. The molecule has 1 saturated heterocycles. The van der Waals surface area contributed by atoms with E-state index >= 15 is 0 Å². The van der Waals surface area contributed by atoms with Gasteiger partial charge in [0.2, 0.25) is 5.91 Å². The first-order valence-electron chi connectivity index (χ1n) is 5.20. The lowest BCUT2D eigenvalue weighted by molar-refractivity contribution is -0.136. The van der Waals surface area contributed by atoms with Crippen LogP contribution in [0.5, 0.6) is 0 Å². The third-order valence-electron chi connectivity index (χ3n) is 3.09. The Morgan fingerprint density at radius 1 is 1.50 bits per heavy atom. The molecule has 0 aromatic carbocycles. The summed E-state index contributed by atoms with van der Waals surface area (Å²) in [6.07, 6.45) is 0.831. The minimum absolute atomic E-state index is 0.0718. The average molecular weight is 197 g/mol. The van der Waals surface area contributed by atoms with E-state index in [-0.39, 0.29) is 29.4 Å². The average Bonchev–Trinajstić information content (AvgIpc) is 2.35. The van der Waals surface area contributed by atoms with Crippen LogP contribution in [-0.2, 0) is 9.59 Å². The summed E-state index contributed by atoms with van der Waals surface area (Å²) in [7, 11) is 1.81. The van der Waals surface area contributed by atoms with E-state index in [1.807, 2.05) is 13.8 Å². The fourth-order valence-electron chi connectivity index (χ4n) is 2.40. The van der Waals surface area contributed by atoms with Crippen LogP contribution in [0.2, 0.25) is 0 Å². The van der Waals surface area contributed by atoms with Crippen LogP contribution in [0, 0.1) is 17.8 Å². The first kappa shape index (κ1) is 11.2. The van der Waals surface area contributed by atoms with Crippen LogP contribution >= 0.6 is 0 Å². The highest BCUT2D eigenvalue weighted by atomic mass is 16.2. The Balaban J connectivity index is 2.80. The van der Waals surface area contributed by atoms with Crippen LogP contribution in [0.4, 0.5) is 0 Å². The van der Waals surface area contributed by atoms with Crippen molar-refractivity contribution in [2.45, 2.75) is 27.2 Å². The van der Waals surface area contributed by atoms with Crippen molar-refractivity contribution in [3.05, 3.63) is 0 Å². The van der Waals surface area contributed by atoms with Crippen molar-refractivity contribution in [3.63, 3.8) is 0 Å². The molecular formula is C11H19NO2. The highest BCUT2D eigenvalue weighted by molar-refractivity contribution is 5.88. The molecule has 0 radical (unpaired) electrons. The Morgan fingerprint density at radius 3 is 2.36 bits per heavy atom. The molecule has 0 bridgehead atoms. The van der Waals surface area contributed by atoms with E-state index in [0.29, 0.717) is 0 Å². The smallest absolute Gasteiger partial charge is 0.226 e. The van der Waals surface area contributed by atoms with E-state index in [2.05, 4.69) is 0 Å². The molecule has 0 aromatic heterocycles. The highest BCUT2D eigenvalue weighted by Gasteiger charge is 2.39. The largest absolute Gasteiger partial charge is 0.345 e. The molecule has 2 atom stereocenters. The van der Waals surface area contributed by atoms with Gasteiger partial charge >= 0.3 is 0 Å². The van der Waals surface area contributed by atoms with Gasteiger partial charge in [0.05, 0.1) is 0 Å². The number of likely N-dealkylation sites (tertiary alicyclic amines) is 1. The number of nitrogens with zero attached hydrogens (tertiary/aromatic N) is 1. The van der Waals surface area contributed by atoms with Crippen molar-refractivity contribution in [1.29, 1.82) is 0 Å². The molecule has 0 spiro atoms. The Morgan fingerprint density at radius 2 is 2.07 bits per heavy atom. The number of Topliss-reactive ketones (excluding diaryl/α,β-unsaturated/α-hetero) is 1. The van der Waals surface area contributed by atoms with E-state index in [9.17, 15) is 9.59 Å². The van der Waals surface area contributed by atoms with E-state index < -0.39 is 0 Å². The van der Waals surface area contributed by atoms with Crippen molar-refractivity contribution < 1.29 is 9.59 Å².